The second-order valence-corrected chi connectivity index (χ2v) is 4.43. The van der Waals surface area contributed by atoms with Gasteiger partial charge in [-0.3, -0.25) is 9.78 Å². The van der Waals surface area contributed by atoms with Gasteiger partial charge >= 0.3 is 0 Å². The monoisotopic (exact) mass is 220 g/mol. The average molecular weight is 220 g/mol. The van der Waals surface area contributed by atoms with E-state index in [0.717, 1.165) is 24.4 Å². The van der Waals surface area contributed by atoms with Crippen molar-refractivity contribution in [1.29, 1.82) is 0 Å². The second kappa shape index (κ2) is 6.99. The summed E-state index contributed by atoms with van der Waals surface area (Å²) in [5, 5.41) is 2.83. The van der Waals surface area contributed by atoms with Gasteiger partial charge in [0.05, 0.1) is 11.9 Å². The van der Waals surface area contributed by atoms with Gasteiger partial charge in [-0.05, 0) is 24.5 Å². The summed E-state index contributed by atoms with van der Waals surface area (Å²) >= 11 is 0. The number of unbranched alkanes of at least 4 members (excludes halogenated alkanes) is 1. The molecule has 0 aliphatic rings. The standard InChI is InChI=1S/C13H20N2O/c1-11(2)6-3-4-8-13(16)15-12-7-5-9-14-10-12/h5,7,9-11H,3-4,6,8H2,1-2H3,(H,15,16). The van der Waals surface area contributed by atoms with Gasteiger partial charge in [0.15, 0.2) is 0 Å². The first-order valence-corrected chi connectivity index (χ1v) is 5.88. The molecule has 3 heteroatoms. The van der Waals surface area contributed by atoms with Gasteiger partial charge in [-0.1, -0.05) is 26.7 Å². The minimum Gasteiger partial charge on any atom is -0.325 e. The van der Waals surface area contributed by atoms with Gasteiger partial charge in [0.2, 0.25) is 5.91 Å². The molecule has 1 aromatic heterocycles. The third kappa shape index (κ3) is 5.49. The minimum absolute atomic E-state index is 0.0803. The number of nitrogens with zero attached hydrogens (tertiary/aromatic N) is 1. The molecule has 0 unspecified atom stereocenters. The van der Waals surface area contributed by atoms with E-state index >= 15 is 0 Å². The summed E-state index contributed by atoms with van der Waals surface area (Å²) < 4.78 is 0. The molecule has 0 fully saturated rings. The topological polar surface area (TPSA) is 42.0 Å². The highest BCUT2D eigenvalue weighted by molar-refractivity contribution is 5.90. The lowest BCUT2D eigenvalue weighted by molar-refractivity contribution is -0.116. The molecule has 16 heavy (non-hydrogen) atoms. The van der Waals surface area contributed by atoms with Crippen LogP contribution >= 0.6 is 0 Å². The third-order valence-corrected chi connectivity index (χ3v) is 2.38. The van der Waals surface area contributed by atoms with Gasteiger partial charge in [-0.2, -0.15) is 0 Å². The molecule has 0 aromatic carbocycles. The Morgan fingerprint density at radius 2 is 2.25 bits per heavy atom. The third-order valence-electron chi connectivity index (χ3n) is 2.38. The van der Waals surface area contributed by atoms with Crippen molar-refractivity contribution in [2.75, 3.05) is 5.32 Å². The van der Waals surface area contributed by atoms with Crippen LogP contribution in [-0.4, -0.2) is 10.9 Å². The average Bonchev–Trinajstić information content (AvgIpc) is 2.25. The Hall–Kier alpha value is -1.38. The molecule has 1 amide bonds. The van der Waals surface area contributed by atoms with Crippen molar-refractivity contribution in [3.05, 3.63) is 24.5 Å². The first kappa shape index (κ1) is 12.7. The maximum absolute atomic E-state index is 11.5. The molecule has 0 saturated heterocycles. The molecule has 1 N–H and O–H groups in total. The van der Waals surface area contributed by atoms with Crippen molar-refractivity contribution >= 4 is 11.6 Å². The molecular formula is C13H20N2O. The molecule has 0 aliphatic carbocycles. The van der Waals surface area contributed by atoms with Crippen LogP contribution in [0.25, 0.3) is 0 Å². The Morgan fingerprint density at radius 1 is 1.44 bits per heavy atom. The molecule has 1 aromatic rings. The summed E-state index contributed by atoms with van der Waals surface area (Å²) in [4.78, 5) is 15.5. The highest BCUT2D eigenvalue weighted by atomic mass is 16.1. The molecule has 3 nitrogen and oxygen atoms in total. The molecule has 1 heterocycles. The quantitative estimate of drug-likeness (QED) is 0.748. The first-order chi connectivity index (χ1) is 7.68. The molecule has 0 bridgehead atoms. The van der Waals surface area contributed by atoms with Crippen molar-refractivity contribution in [2.45, 2.75) is 39.5 Å². The van der Waals surface area contributed by atoms with Gasteiger partial charge < -0.3 is 5.32 Å². The summed E-state index contributed by atoms with van der Waals surface area (Å²) in [6, 6.07) is 3.66. The number of nitrogens with one attached hydrogen (secondary N) is 1. The van der Waals surface area contributed by atoms with E-state index in [0.29, 0.717) is 6.42 Å². The number of carbonyl (C=O) groups is 1. The summed E-state index contributed by atoms with van der Waals surface area (Å²) in [6.45, 7) is 4.41. The normalized spacial score (nSPS) is 10.4. The molecule has 0 saturated carbocycles. The predicted octanol–water partition coefficient (Wildman–Crippen LogP) is 3.24. The molecule has 0 spiro atoms. The van der Waals surface area contributed by atoms with Crippen LogP contribution in [-0.2, 0) is 4.79 Å². The Labute approximate surface area is 97.3 Å². The van der Waals surface area contributed by atoms with Crippen LogP contribution in [0.15, 0.2) is 24.5 Å². The van der Waals surface area contributed by atoms with Gasteiger partial charge in [-0.25, -0.2) is 0 Å². The van der Waals surface area contributed by atoms with Crippen LogP contribution in [0.2, 0.25) is 0 Å². The number of amides is 1. The largest absolute Gasteiger partial charge is 0.325 e. The van der Waals surface area contributed by atoms with E-state index in [2.05, 4.69) is 24.1 Å². The number of carbonyl (C=O) groups excluding carboxylic acids is 1. The van der Waals surface area contributed by atoms with Crippen molar-refractivity contribution in [2.24, 2.45) is 5.92 Å². The van der Waals surface area contributed by atoms with Crippen LogP contribution < -0.4 is 5.32 Å². The number of anilines is 1. The zero-order valence-corrected chi connectivity index (χ0v) is 10.1. The number of hydrogen-bond acceptors (Lipinski definition) is 2. The van der Waals surface area contributed by atoms with Gasteiger partial charge in [0, 0.05) is 12.6 Å². The van der Waals surface area contributed by atoms with Crippen LogP contribution in [0, 0.1) is 5.92 Å². The van der Waals surface area contributed by atoms with E-state index in [-0.39, 0.29) is 5.91 Å². The van der Waals surface area contributed by atoms with E-state index in [1.54, 1.807) is 12.4 Å². The van der Waals surface area contributed by atoms with E-state index < -0.39 is 0 Å². The molecule has 0 aliphatic heterocycles. The Morgan fingerprint density at radius 3 is 2.88 bits per heavy atom. The lowest BCUT2D eigenvalue weighted by Gasteiger charge is -2.05. The van der Waals surface area contributed by atoms with Gasteiger partial charge in [0.1, 0.15) is 0 Å². The second-order valence-electron chi connectivity index (χ2n) is 4.43. The smallest absolute Gasteiger partial charge is 0.224 e. The summed E-state index contributed by atoms with van der Waals surface area (Å²) in [5.74, 6) is 0.804. The first-order valence-electron chi connectivity index (χ1n) is 5.88. The zero-order valence-electron chi connectivity index (χ0n) is 10.1. The predicted molar refractivity (Wildman–Crippen MR) is 66.2 cm³/mol. The zero-order chi connectivity index (χ0) is 11.8. The summed E-state index contributed by atoms with van der Waals surface area (Å²) in [7, 11) is 0. The van der Waals surface area contributed by atoms with Crippen LogP contribution in [0.1, 0.15) is 39.5 Å². The maximum Gasteiger partial charge on any atom is 0.224 e. The van der Waals surface area contributed by atoms with Crippen molar-refractivity contribution in [3.63, 3.8) is 0 Å². The van der Waals surface area contributed by atoms with Crippen LogP contribution in [0.4, 0.5) is 5.69 Å². The highest BCUT2D eigenvalue weighted by Crippen LogP contribution is 2.09. The fourth-order valence-corrected chi connectivity index (χ4v) is 1.50. The summed E-state index contributed by atoms with van der Waals surface area (Å²) in [6.07, 6.45) is 7.23. The van der Waals surface area contributed by atoms with E-state index in [1.165, 1.54) is 6.42 Å². The van der Waals surface area contributed by atoms with Crippen LogP contribution in [0.3, 0.4) is 0 Å². The van der Waals surface area contributed by atoms with Gasteiger partial charge in [0.25, 0.3) is 0 Å². The fraction of sp³-hybridized carbons (Fsp3) is 0.538. The molecule has 0 radical (unpaired) electrons. The molecular weight excluding hydrogens is 200 g/mol. The lowest BCUT2D eigenvalue weighted by atomic mass is 10.1. The minimum atomic E-state index is 0.0803. The summed E-state index contributed by atoms with van der Waals surface area (Å²) in [5.41, 5.74) is 0.774. The van der Waals surface area contributed by atoms with Crippen molar-refractivity contribution in [1.82, 2.24) is 4.98 Å². The SMILES string of the molecule is CC(C)CCCCC(=O)Nc1cccnc1. The Kier molecular flexibility index (Phi) is 5.54. The molecule has 1 rings (SSSR count). The maximum atomic E-state index is 11.5. The van der Waals surface area contributed by atoms with Crippen molar-refractivity contribution in [3.8, 4) is 0 Å². The van der Waals surface area contributed by atoms with Crippen LogP contribution in [0.5, 0.6) is 0 Å². The fourth-order valence-electron chi connectivity index (χ4n) is 1.50. The van der Waals surface area contributed by atoms with Gasteiger partial charge in [-0.15, -0.1) is 0 Å². The number of hydrogen-bond donors (Lipinski definition) is 1. The Balaban J connectivity index is 2.17. The number of rotatable bonds is 6. The number of aromatic nitrogens is 1. The van der Waals surface area contributed by atoms with E-state index in [4.69, 9.17) is 0 Å². The van der Waals surface area contributed by atoms with E-state index in [1.807, 2.05) is 12.1 Å². The number of pyridine rings is 1. The molecule has 88 valence electrons. The molecule has 0 atom stereocenters. The lowest BCUT2D eigenvalue weighted by Crippen LogP contribution is -2.11. The Bertz CT molecular complexity index is 309. The highest BCUT2D eigenvalue weighted by Gasteiger charge is 2.02. The van der Waals surface area contributed by atoms with E-state index in [9.17, 15) is 4.79 Å². The van der Waals surface area contributed by atoms with Crippen molar-refractivity contribution < 1.29 is 4.79 Å².